The van der Waals surface area contributed by atoms with Crippen molar-refractivity contribution < 1.29 is 4.74 Å². The summed E-state index contributed by atoms with van der Waals surface area (Å²) in [4.78, 5) is 4.95. The fourth-order valence-electron chi connectivity index (χ4n) is 5.95. The van der Waals surface area contributed by atoms with Gasteiger partial charge in [0.05, 0.1) is 12.1 Å². The summed E-state index contributed by atoms with van der Waals surface area (Å²) in [5.41, 5.74) is 1.53. The molecule has 7 nitrogen and oxygen atoms in total. The van der Waals surface area contributed by atoms with Crippen LogP contribution in [0, 0.1) is 18.3 Å². The molecule has 2 heterocycles. The summed E-state index contributed by atoms with van der Waals surface area (Å²) in [5.74, 6) is 3.23. The van der Waals surface area contributed by atoms with Crippen LogP contribution < -0.4 is 10.6 Å². The van der Waals surface area contributed by atoms with Gasteiger partial charge in [-0.05, 0) is 38.7 Å². The van der Waals surface area contributed by atoms with Crippen molar-refractivity contribution in [3.63, 3.8) is 0 Å². The Hall–Kier alpha value is -1.68. The van der Waals surface area contributed by atoms with Gasteiger partial charge in [-0.15, -0.1) is 34.2 Å². The monoisotopic (exact) mass is 550 g/mol. The normalized spacial score (nSPS) is 26.8. The highest BCUT2D eigenvalue weighted by Crippen LogP contribution is 2.60. The standard InChI is InChI=1S/C24H34N6O.HI/c1-16(18-9-5-4-6-10-18)26-23(25-15-20-29-28-17(2)30(20)3)27-21-19-11-14-31-22(19)24(21)12-7-8-13-24;/h4-6,9-10,16,19,21-22H,7-8,11-15H2,1-3H3,(H2,25,26,27);1H. The summed E-state index contributed by atoms with van der Waals surface area (Å²) >= 11 is 0. The molecule has 174 valence electrons. The third-order valence-corrected chi connectivity index (χ3v) is 7.79. The van der Waals surface area contributed by atoms with E-state index in [4.69, 9.17) is 9.73 Å². The molecule has 8 heteroatoms. The molecule has 4 atom stereocenters. The second kappa shape index (κ2) is 9.67. The number of ether oxygens (including phenoxy) is 1. The molecular formula is C24H35IN6O. The molecule has 3 fully saturated rings. The molecule has 2 N–H and O–H groups in total. The van der Waals surface area contributed by atoms with Gasteiger partial charge in [0, 0.05) is 31.0 Å². The number of aliphatic imine (C=N–C) groups is 1. The third kappa shape index (κ3) is 4.16. The van der Waals surface area contributed by atoms with Gasteiger partial charge in [-0.25, -0.2) is 4.99 Å². The van der Waals surface area contributed by atoms with E-state index in [0.29, 0.717) is 24.6 Å². The van der Waals surface area contributed by atoms with Crippen molar-refractivity contribution in [2.75, 3.05) is 6.61 Å². The van der Waals surface area contributed by atoms with Gasteiger partial charge in [0.1, 0.15) is 12.4 Å². The first-order chi connectivity index (χ1) is 15.1. The van der Waals surface area contributed by atoms with E-state index >= 15 is 0 Å². The Labute approximate surface area is 207 Å². The van der Waals surface area contributed by atoms with Crippen LogP contribution in [0.4, 0.5) is 0 Å². The molecular weight excluding hydrogens is 515 g/mol. The lowest BCUT2D eigenvalue weighted by molar-refractivity contribution is -0.125. The summed E-state index contributed by atoms with van der Waals surface area (Å²) in [7, 11) is 1.99. The maximum absolute atomic E-state index is 6.18. The molecule has 1 aromatic carbocycles. The molecule has 2 aromatic rings. The molecule has 0 amide bonds. The van der Waals surface area contributed by atoms with Gasteiger partial charge in [0.15, 0.2) is 11.8 Å². The van der Waals surface area contributed by atoms with E-state index in [2.05, 4.69) is 58.1 Å². The number of hydrogen-bond acceptors (Lipinski definition) is 4. The van der Waals surface area contributed by atoms with Crippen molar-refractivity contribution in [1.82, 2.24) is 25.4 Å². The van der Waals surface area contributed by atoms with Crippen molar-refractivity contribution >= 4 is 29.9 Å². The first-order valence-electron chi connectivity index (χ1n) is 11.7. The smallest absolute Gasteiger partial charge is 0.192 e. The zero-order chi connectivity index (χ0) is 21.4. The zero-order valence-corrected chi connectivity index (χ0v) is 21.6. The van der Waals surface area contributed by atoms with Gasteiger partial charge in [-0.3, -0.25) is 0 Å². The Morgan fingerprint density at radius 3 is 2.69 bits per heavy atom. The van der Waals surface area contributed by atoms with Crippen molar-refractivity contribution in [2.45, 2.75) is 70.7 Å². The topological polar surface area (TPSA) is 76.4 Å². The SMILES string of the molecule is Cc1nnc(CN=C(NC(C)c2ccccc2)NC2C3CCOC3C23CCCC3)n1C.I. The summed E-state index contributed by atoms with van der Waals surface area (Å²) < 4.78 is 8.18. The molecule has 1 aromatic heterocycles. The second-order valence-corrected chi connectivity index (χ2v) is 9.47. The van der Waals surface area contributed by atoms with E-state index in [1.165, 1.54) is 31.2 Å². The van der Waals surface area contributed by atoms with Crippen molar-refractivity contribution in [3.05, 3.63) is 47.5 Å². The van der Waals surface area contributed by atoms with E-state index in [0.717, 1.165) is 30.6 Å². The van der Waals surface area contributed by atoms with Crippen molar-refractivity contribution in [1.29, 1.82) is 0 Å². The Balaban J connectivity index is 0.00000245. The summed E-state index contributed by atoms with van der Waals surface area (Å²) in [5, 5.41) is 16.0. The van der Waals surface area contributed by atoms with Crippen LogP contribution in [0.2, 0.25) is 0 Å². The van der Waals surface area contributed by atoms with E-state index in [1.807, 2.05) is 18.5 Å². The molecule has 0 bridgehead atoms. The Kier molecular flexibility index (Phi) is 7.09. The minimum Gasteiger partial charge on any atom is -0.377 e. The first kappa shape index (κ1) is 23.5. The molecule has 4 unspecified atom stereocenters. The summed E-state index contributed by atoms with van der Waals surface area (Å²) in [6.45, 7) is 5.55. The maximum atomic E-state index is 6.18. The molecule has 1 saturated heterocycles. The number of aryl methyl sites for hydroxylation is 1. The maximum Gasteiger partial charge on any atom is 0.192 e. The molecule has 1 spiro atoms. The second-order valence-electron chi connectivity index (χ2n) is 9.47. The third-order valence-electron chi connectivity index (χ3n) is 7.79. The molecule has 3 aliphatic rings. The number of nitrogens with one attached hydrogen (secondary N) is 2. The lowest BCUT2D eigenvalue weighted by Gasteiger charge is -2.57. The number of benzene rings is 1. The van der Waals surface area contributed by atoms with Gasteiger partial charge < -0.3 is 19.9 Å². The fraction of sp³-hybridized carbons (Fsp3) is 0.625. The minimum absolute atomic E-state index is 0. The van der Waals surface area contributed by atoms with E-state index < -0.39 is 0 Å². The number of guanidine groups is 1. The van der Waals surface area contributed by atoms with Crippen LogP contribution in [0.25, 0.3) is 0 Å². The molecule has 2 saturated carbocycles. The number of hydrogen-bond donors (Lipinski definition) is 2. The lowest BCUT2D eigenvalue weighted by atomic mass is 9.54. The van der Waals surface area contributed by atoms with Gasteiger partial charge in [0.25, 0.3) is 0 Å². The van der Waals surface area contributed by atoms with Crippen LogP contribution in [-0.2, 0) is 18.3 Å². The Bertz CT molecular complexity index is 939. The molecule has 2 aliphatic carbocycles. The number of aromatic nitrogens is 3. The highest BCUT2D eigenvalue weighted by atomic mass is 127. The predicted octanol–water partition coefficient (Wildman–Crippen LogP) is 3.89. The largest absolute Gasteiger partial charge is 0.377 e. The highest BCUT2D eigenvalue weighted by molar-refractivity contribution is 14.0. The van der Waals surface area contributed by atoms with Crippen molar-refractivity contribution in [2.24, 2.45) is 23.4 Å². The Morgan fingerprint density at radius 1 is 1.25 bits per heavy atom. The number of rotatable bonds is 5. The van der Waals surface area contributed by atoms with E-state index in [1.54, 1.807) is 0 Å². The number of halogens is 1. The fourth-order valence-corrected chi connectivity index (χ4v) is 5.95. The van der Waals surface area contributed by atoms with Gasteiger partial charge >= 0.3 is 0 Å². The summed E-state index contributed by atoms with van der Waals surface area (Å²) in [6, 6.07) is 11.1. The summed E-state index contributed by atoms with van der Waals surface area (Å²) in [6.07, 6.45) is 6.72. The van der Waals surface area contributed by atoms with Gasteiger partial charge in [-0.1, -0.05) is 43.2 Å². The minimum atomic E-state index is 0. The van der Waals surface area contributed by atoms with Gasteiger partial charge in [0.2, 0.25) is 0 Å². The zero-order valence-electron chi connectivity index (χ0n) is 19.3. The molecule has 5 rings (SSSR count). The first-order valence-corrected chi connectivity index (χ1v) is 11.7. The molecule has 0 radical (unpaired) electrons. The number of nitrogens with zero attached hydrogens (tertiary/aromatic N) is 4. The lowest BCUT2D eigenvalue weighted by Crippen LogP contribution is -2.69. The Morgan fingerprint density at radius 2 is 2.00 bits per heavy atom. The molecule has 1 aliphatic heterocycles. The average Bonchev–Trinajstić information content (AvgIpc) is 3.52. The van der Waals surface area contributed by atoms with E-state index in [-0.39, 0.29) is 35.4 Å². The molecule has 32 heavy (non-hydrogen) atoms. The van der Waals surface area contributed by atoms with Crippen LogP contribution >= 0.6 is 24.0 Å². The average molecular weight is 550 g/mol. The number of fused-ring (bicyclic) bond motifs is 2. The van der Waals surface area contributed by atoms with Crippen LogP contribution in [0.3, 0.4) is 0 Å². The van der Waals surface area contributed by atoms with Crippen LogP contribution in [0.5, 0.6) is 0 Å². The van der Waals surface area contributed by atoms with Crippen LogP contribution in [0.15, 0.2) is 35.3 Å². The van der Waals surface area contributed by atoms with E-state index in [9.17, 15) is 0 Å². The van der Waals surface area contributed by atoms with Crippen molar-refractivity contribution in [3.8, 4) is 0 Å². The van der Waals surface area contributed by atoms with Gasteiger partial charge in [-0.2, -0.15) is 0 Å². The quantitative estimate of drug-likeness (QED) is 0.336. The predicted molar refractivity (Wildman–Crippen MR) is 136 cm³/mol. The van der Waals surface area contributed by atoms with Crippen LogP contribution in [0.1, 0.15) is 62.3 Å². The van der Waals surface area contributed by atoms with Crippen LogP contribution in [-0.4, -0.2) is 39.5 Å². The highest BCUT2D eigenvalue weighted by Gasteiger charge is 2.65.